The van der Waals surface area contributed by atoms with Crippen LogP contribution in [0.25, 0.3) is 0 Å². The molecule has 1 heterocycles. The molecule has 0 aliphatic rings. The van der Waals surface area contributed by atoms with Crippen LogP contribution in [0.2, 0.25) is 0 Å². The van der Waals surface area contributed by atoms with Crippen molar-refractivity contribution in [1.29, 1.82) is 0 Å². The molecule has 1 rings (SSSR count). The number of carbonyl (C=O) groups is 1. The molecule has 0 radical (unpaired) electrons. The predicted octanol–water partition coefficient (Wildman–Crippen LogP) is 0.517. The Morgan fingerprint density at radius 1 is 1.62 bits per heavy atom. The zero-order chi connectivity index (χ0) is 12.0. The summed E-state index contributed by atoms with van der Waals surface area (Å²) in [6.45, 7) is 5.54. The molecule has 5 heteroatoms. The van der Waals surface area contributed by atoms with E-state index in [4.69, 9.17) is 0 Å². The smallest absolute Gasteiger partial charge is 0.236 e. The van der Waals surface area contributed by atoms with E-state index in [1.807, 2.05) is 13.1 Å². The topological polar surface area (TPSA) is 59.0 Å². The first kappa shape index (κ1) is 12.7. The van der Waals surface area contributed by atoms with Gasteiger partial charge in [0.05, 0.1) is 12.6 Å². The normalized spacial score (nSPS) is 12.4. The third-order valence-corrected chi connectivity index (χ3v) is 2.47. The molecule has 0 aliphatic carbocycles. The van der Waals surface area contributed by atoms with Crippen LogP contribution in [0.5, 0.6) is 0 Å². The second-order valence-corrected chi connectivity index (χ2v) is 3.75. The van der Waals surface area contributed by atoms with Gasteiger partial charge >= 0.3 is 0 Å². The number of aromatic nitrogens is 2. The predicted molar refractivity (Wildman–Crippen MR) is 62.9 cm³/mol. The molecule has 5 nitrogen and oxygen atoms in total. The van der Waals surface area contributed by atoms with Crippen LogP contribution in [-0.4, -0.2) is 28.5 Å². The minimum atomic E-state index is -0.197. The molecule has 1 aromatic rings. The number of nitrogens with zero attached hydrogens (tertiary/aromatic N) is 2. The summed E-state index contributed by atoms with van der Waals surface area (Å²) in [5.41, 5.74) is 0. The Bertz CT molecular complexity index is 334. The summed E-state index contributed by atoms with van der Waals surface area (Å²) in [5.74, 6) is 0.964. The van der Waals surface area contributed by atoms with Crippen LogP contribution in [-0.2, 0) is 17.9 Å². The third kappa shape index (κ3) is 3.34. The van der Waals surface area contributed by atoms with Crippen molar-refractivity contribution in [2.75, 3.05) is 7.05 Å². The quantitative estimate of drug-likeness (QED) is 0.740. The summed E-state index contributed by atoms with van der Waals surface area (Å²) >= 11 is 0. The number of imidazole rings is 1. The molecule has 0 bridgehead atoms. The summed E-state index contributed by atoms with van der Waals surface area (Å²) in [6.07, 6.45) is 4.83. The lowest BCUT2D eigenvalue weighted by atomic mass is 10.3. The van der Waals surface area contributed by atoms with E-state index in [0.29, 0.717) is 6.54 Å². The van der Waals surface area contributed by atoms with Crippen LogP contribution < -0.4 is 10.6 Å². The van der Waals surface area contributed by atoms with Gasteiger partial charge in [-0.2, -0.15) is 0 Å². The molecular formula is C11H20N4O. The highest BCUT2D eigenvalue weighted by Crippen LogP contribution is 1.99. The maximum atomic E-state index is 11.3. The van der Waals surface area contributed by atoms with E-state index in [-0.39, 0.29) is 11.9 Å². The Morgan fingerprint density at radius 3 is 3.00 bits per heavy atom. The highest BCUT2D eigenvalue weighted by molar-refractivity contribution is 5.80. The van der Waals surface area contributed by atoms with E-state index in [2.05, 4.69) is 27.1 Å². The Balaban J connectivity index is 2.47. The highest BCUT2D eigenvalue weighted by Gasteiger charge is 2.11. The van der Waals surface area contributed by atoms with E-state index >= 15 is 0 Å². The average molecular weight is 224 g/mol. The van der Waals surface area contributed by atoms with Gasteiger partial charge in [0, 0.05) is 26.0 Å². The maximum Gasteiger partial charge on any atom is 0.236 e. The monoisotopic (exact) mass is 224 g/mol. The Kier molecular flexibility index (Phi) is 4.98. The van der Waals surface area contributed by atoms with Crippen molar-refractivity contribution in [2.45, 2.75) is 39.4 Å². The molecule has 0 aliphatic heterocycles. The van der Waals surface area contributed by atoms with Crippen LogP contribution in [0.4, 0.5) is 0 Å². The summed E-state index contributed by atoms with van der Waals surface area (Å²) in [5, 5.41) is 5.75. The summed E-state index contributed by atoms with van der Waals surface area (Å²) in [4.78, 5) is 15.5. The summed E-state index contributed by atoms with van der Waals surface area (Å²) in [6, 6.07) is -0.197. The summed E-state index contributed by atoms with van der Waals surface area (Å²) < 4.78 is 2.10. The molecule has 0 saturated heterocycles. The van der Waals surface area contributed by atoms with Crippen molar-refractivity contribution in [3.05, 3.63) is 18.2 Å². The van der Waals surface area contributed by atoms with Crippen molar-refractivity contribution >= 4 is 5.91 Å². The fraction of sp³-hybridized carbons (Fsp3) is 0.636. The van der Waals surface area contributed by atoms with Crippen molar-refractivity contribution in [3.8, 4) is 0 Å². The number of nitrogens with one attached hydrogen (secondary N) is 2. The molecule has 0 fully saturated rings. The van der Waals surface area contributed by atoms with Gasteiger partial charge in [0.25, 0.3) is 0 Å². The molecule has 16 heavy (non-hydrogen) atoms. The SMILES string of the molecule is CCCn1ccnc1CNC(C)C(=O)NC. The van der Waals surface area contributed by atoms with Gasteiger partial charge in [-0.15, -0.1) is 0 Å². The van der Waals surface area contributed by atoms with E-state index in [0.717, 1.165) is 18.8 Å². The number of rotatable bonds is 6. The van der Waals surface area contributed by atoms with Gasteiger partial charge in [0.2, 0.25) is 5.91 Å². The molecule has 1 amide bonds. The number of likely N-dealkylation sites (N-methyl/N-ethyl adjacent to an activating group) is 1. The standard InChI is InChI=1S/C11H20N4O/c1-4-6-15-7-5-13-10(15)8-14-9(2)11(16)12-3/h5,7,9,14H,4,6,8H2,1-3H3,(H,12,16). The van der Waals surface area contributed by atoms with E-state index < -0.39 is 0 Å². The number of aryl methyl sites for hydroxylation is 1. The first-order valence-electron chi connectivity index (χ1n) is 5.64. The van der Waals surface area contributed by atoms with Gasteiger partial charge in [-0.05, 0) is 13.3 Å². The molecule has 1 atom stereocenters. The van der Waals surface area contributed by atoms with Crippen LogP contribution in [0.1, 0.15) is 26.1 Å². The Labute approximate surface area is 96.3 Å². The summed E-state index contributed by atoms with van der Waals surface area (Å²) in [7, 11) is 1.64. The van der Waals surface area contributed by atoms with Crippen molar-refractivity contribution < 1.29 is 4.79 Å². The Morgan fingerprint density at radius 2 is 2.38 bits per heavy atom. The first-order valence-corrected chi connectivity index (χ1v) is 5.64. The minimum Gasteiger partial charge on any atom is -0.358 e. The molecule has 0 aromatic carbocycles. The van der Waals surface area contributed by atoms with Crippen molar-refractivity contribution in [1.82, 2.24) is 20.2 Å². The van der Waals surface area contributed by atoms with Gasteiger partial charge in [0.1, 0.15) is 5.82 Å². The molecule has 90 valence electrons. The van der Waals surface area contributed by atoms with E-state index in [1.165, 1.54) is 0 Å². The average Bonchev–Trinajstić information content (AvgIpc) is 2.73. The second-order valence-electron chi connectivity index (χ2n) is 3.75. The minimum absolute atomic E-state index is 0.00593. The van der Waals surface area contributed by atoms with Gasteiger partial charge in [-0.3, -0.25) is 10.1 Å². The van der Waals surface area contributed by atoms with Crippen molar-refractivity contribution in [3.63, 3.8) is 0 Å². The second kappa shape index (κ2) is 6.27. The van der Waals surface area contributed by atoms with Crippen molar-refractivity contribution in [2.24, 2.45) is 0 Å². The maximum absolute atomic E-state index is 11.3. The fourth-order valence-electron chi connectivity index (χ4n) is 1.51. The van der Waals surface area contributed by atoms with Gasteiger partial charge in [0.15, 0.2) is 0 Å². The zero-order valence-corrected chi connectivity index (χ0v) is 10.2. The van der Waals surface area contributed by atoms with E-state index in [1.54, 1.807) is 13.2 Å². The Hall–Kier alpha value is -1.36. The molecule has 0 spiro atoms. The number of carbonyl (C=O) groups excluding carboxylic acids is 1. The number of hydrogen-bond donors (Lipinski definition) is 2. The molecule has 1 aromatic heterocycles. The lowest BCUT2D eigenvalue weighted by molar-refractivity contribution is -0.122. The number of hydrogen-bond acceptors (Lipinski definition) is 3. The molecule has 1 unspecified atom stereocenters. The van der Waals surface area contributed by atoms with Gasteiger partial charge < -0.3 is 9.88 Å². The largest absolute Gasteiger partial charge is 0.358 e. The molecule has 0 saturated carbocycles. The zero-order valence-electron chi connectivity index (χ0n) is 10.2. The van der Waals surface area contributed by atoms with Gasteiger partial charge in [-0.25, -0.2) is 4.98 Å². The van der Waals surface area contributed by atoms with Gasteiger partial charge in [-0.1, -0.05) is 6.92 Å². The van der Waals surface area contributed by atoms with Crippen LogP contribution >= 0.6 is 0 Å². The van der Waals surface area contributed by atoms with Crippen LogP contribution in [0, 0.1) is 0 Å². The first-order chi connectivity index (χ1) is 7.69. The fourth-order valence-corrected chi connectivity index (χ4v) is 1.51. The molecule has 2 N–H and O–H groups in total. The molecular weight excluding hydrogens is 204 g/mol. The third-order valence-electron chi connectivity index (χ3n) is 2.47. The van der Waals surface area contributed by atoms with Crippen LogP contribution in [0.3, 0.4) is 0 Å². The van der Waals surface area contributed by atoms with E-state index in [9.17, 15) is 4.79 Å². The number of amides is 1. The lowest BCUT2D eigenvalue weighted by Gasteiger charge is -2.12. The highest BCUT2D eigenvalue weighted by atomic mass is 16.2. The lowest BCUT2D eigenvalue weighted by Crippen LogP contribution is -2.40. The van der Waals surface area contributed by atoms with Crippen LogP contribution in [0.15, 0.2) is 12.4 Å².